The van der Waals surface area contributed by atoms with Gasteiger partial charge in [-0.3, -0.25) is 9.59 Å². The van der Waals surface area contributed by atoms with Crippen LogP contribution < -0.4 is 5.73 Å². The molecule has 1 heterocycles. The summed E-state index contributed by atoms with van der Waals surface area (Å²) >= 11 is 1.42. The summed E-state index contributed by atoms with van der Waals surface area (Å²) in [6.45, 7) is 5.77. The minimum Gasteiger partial charge on any atom is -0.481 e. The number of hydrogen-bond donors (Lipinski definition) is 2. The number of carboxylic acid groups (broad SMARTS) is 1. The maximum Gasteiger partial charge on any atom is 0.305 e. The molecule has 5 nitrogen and oxygen atoms in total. The largest absolute Gasteiger partial charge is 0.481 e. The number of carbonyl (C=O) groups excluding carboxylic acids is 1. The second-order valence-corrected chi connectivity index (χ2v) is 6.28. The SMILES string of the molecule is CC(C)(C)N(CCC(=O)O)C(=O)C(N)c1cccs1. The van der Waals surface area contributed by atoms with Gasteiger partial charge < -0.3 is 15.7 Å². The van der Waals surface area contributed by atoms with Crippen molar-refractivity contribution in [3.63, 3.8) is 0 Å². The molecule has 0 fully saturated rings. The molecule has 6 heteroatoms. The van der Waals surface area contributed by atoms with Crippen molar-refractivity contribution in [3.8, 4) is 0 Å². The monoisotopic (exact) mass is 284 g/mol. The third-order valence-electron chi connectivity index (χ3n) is 2.74. The molecule has 0 radical (unpaired) electrons. The van der Waals surface area contributed by atoms with Crippen LogP contribution in [-0.2, 0) is 9.59 Å². The molecule has 0 aliphatic rings. The Labute approximate surface area is 117 Å². The summed E-state index contributed by atoms with van der Waals surface area (Å²) < 4.78 is 0. The first-order valence-corrected chi connectivity index (χ1v) is 6.93. The van der Waals surface area contributed by atoms with Gasteiger partial charge in [0.25, 0.3) is 0 Å². The number of carbonyl (C=O) groups is 2. The first kappa shape index (κ1) is 15.7. The van der Waals surface area contributed by atoms with Crippen molar-refractivity contribution in [3.05, 3.63) is 22.4 Å². The second-order valence-electron chi connectivity index (χ2n) is 5.30. The minimum atomic E-state index is -0.924. The van der Waals surface area contributed by atoms with Crippen LogP contribution in [0.4, 0.5) is 0 Å². The third kappa shape index (κ3) is 4.33. The van der Waals surface area contributed by atoms with E-state index in [0.29, 0.717) is 0 Å². The molecule has 1 aromatic rings. The summed E-state index contributed by atoms with van der Waals surface area (Å²) in [5.74, 6) is -1.16. The van der Waals surface area contributed by atoms with Crippen molar-refractivity contribution in [2.24, 2.45) is 5.73 Å². The van der Waals surface area contributed by atoms with Crippen LogP contribution in [0.15, 0.2) is 17.5 Å². The van der Waals surface area contributed by atoms with Crippen LogP contribution in [0.2, 0.25) is 0 Å². The van der Waals surface area contributed by atoms with Crippen molar-refractivity contribution < 1.29 is 14.7 Å². The maximum absolute atomic E-state index is 12.4. The average molecular weight is 284 g/mol. The van der Waals surface area contributed by atoms with Crippen LogP contribution in [0.25, 0.3) is 0 Å². The molecule has 1 rings (SSSR count). The van der Waals surface area contributed by atoms with Gasteiger partial charge in [-0.15, -0.1) is 11.3 Å². The van der Waals surface area contributed by atoms with E-state index in [2.05, 4.69) is 0 Å². The van der Waals surface area contributed by atoms with E-state index in [-0.39, 0.29) is 18.9 Å². The predicted molar refractivity (Wildman–Crippen MR) is 75.0 cm³/mol. The molecular weight excluding hydrogens is 264 g/mol. The molecule has 0 aliphatic carbocycles. The van der Waals surface area contributed by atoms with Crippen molar-refractivity contribution in [2.45, 2.75) is 38.8 Å². The Morgan fingerprint density at radius 1 is 1.47 bits per heavy atom. The summed E-state index contributed by atoms with van der Waals surface area (Å²) in [7, 11) is 0. The Bertz CT molecular complexity index is 437. The number of carboxylic acids is 1. The van der Waals surface area contributed by atoms with Gasteiger partial charge in [-0.25, -0.2) is 0 Å². The molecule has 0 spiro atoms. The second kappa shape index (κ2) is 6.16. The summed E-state index contributed by atoms with van der Waals surface area (Å²) in [6, 6.07) is 2.92. The Kier molecular flexibility index (Phi) is 5.08. The topological polar surface area (TPSA) is 83.6 Å². The van der Waals surface area contributed by atoms with E-state index in [0.717, 1.165) is 4.88 Å². The molecule has 1 aromatic heterocycles. The Hall–Kier alpha value is -1.40. The third-order valence-corrected chi connectivity index (χ3v) is 3.70. The number of nitrogens with two attached hydrogens (primary N) is 1. The van der Waals surface area contributed by atoms with Crippen LogP contribution in [0.3, 0.4) is 0 Å². The summed E-state index contributed by atoms with van der Waals surface area (Å²) in [5, 5.41) is 10.6. The fraction of sp³-hybridized carbons (Fsp3) is 0.538. The lowest BCUT2D eigenvalue weighted by molar-refractivity contribution is -0.141. The number of aliphatic carboxylic acids is 1. The molecule has 106 valence electrons. The fourth-order valence-electron chi connectivity index (χ4n) is 1.74. The van der Waals surface area contributed by atoms with Gasteiger partial charge in [0.15, 0.2) is 0 Å². The highest BCUT2D eigenvalue weighted by Crippen LogP contribution is 2.23. The van der Waals surface area contributed by atoms with Crippen LogP contribution in [0, 0.1) is 0 Å². The Morgan fingerprint density at radius 3 is 2.53 bits per heavy atom. The number of hydrogen-bond acceptors (Lipinski definition) is 4. The van der Waals surface area contributed by atoms with Crippen molar-refractivity contribution in [2.75, 3.05) is 6.54 Å². The van der Waals surface area contributed by atoms with Gasteiger partial charge in [-0.05, 0) is 32.2 Å². The van der Waals surface area contributed by atoms with E-state index in [1.54, 1.807) is 0 Å². The van der Waals surface area contributed by atoms with E-state index in [9.17, 15) is 9.59 Å². The van der Waals surface area contributed by atoms with Gasteiger partial charge in [0.05, 0.1) is 6.42 Å². The Balaban J connectivity index is 2.85. The first-order chi connectivity index (χ1) is 8.73. The van der Waals surface area contributed by atoms with Crippen molar-refractivity contribution >= 4 is 23.2 Å². The lowest BCUT2D eigenvalue weighted by Gasteiger charge is -2.37. The van der Waals surface area contributed by atoms with E-state index in [4.69, 9.17) is 10.8 Å². The van der Waals surface area contributed by atoms with Gasteiger partial charge in [-0.2, -0.15) is 0 Å². The first-order valence-electron chi connectivity index (χ1n) is 6.05. The molecule has 0 saturated carbocycles. The summed E-state index contributed by atoms with van der Waals surface area (Å²) in [5.41, 5.74) is 5.50. The molecule has 0 saturated heterocycles. The molecule has 0 bridgehead atoms. The number of rotatable bonds is 5. The van der Waals surface area contributed by atoms with E-state index < -0.39 is 17.6 Å². The minimum absolute atomic E-state index is 0.0832. The summed E-state index contributed by atoms with van der Waals surface area (Å²) in [4.78, 5) is 25.4. The highest BCUT2D eigenvalue weighted by molar-refractivity contribution is 7.10. The van der Waals surface area contributed by atoms with E-state index in [1.165, 1.54) is 16.2 Å². The molecule has 3 N–H and O–H groups in total. The summed E-state index contributed by atoms with van der Waals surface area (Å²) in [6.07, 6.45) is -0.0832. The molecule has 19 heavy (non-hydrogen) atoms. The van der Waals surface area contributed by atoms with Crippen LogP contribution >= 0.6 is 11.3 Å². The molecule has 1 amide bonds. The fourth-order valence-corrected chi connectivity index (χ4v) is 2.46. The van der Waals surface area contributed by atoms with Crippen LogP contribution in [-0.4, -0.2) is 34.0 Å². The van der Waals surface area contributed by atoms with Gasteiger partial charge in [0.1, 0.15) is 6.04 Å². The van der Waals surface area contributed by atoms with Crippen LogP contribution in [0.1, 0.15) is 38.1 Å². The standard InChI is InChI=1S/C13H20N2O3S/c1-13(2,3)15(7-6-10(16)17)12(18)11(14)9-5-4-8-19-9/h4-5,8,11H,6-7,14H2,1-3H3,(H,16,17). The van der Waals surface area contributed by atoms with Crippen molar-refractivity contribution in [1.82, 2.24) is 4.90 Å². The average Bonchev–Trinajstić information content (AvgIpc) is 2.78. The van der Waals surface area contributed by atoms with Crippen molar-refractivity contribution in [1.29, 1.82) is 0 Å². The Morgan fingerprint density at radius 2 is 2.11 bits per heavy atom. The van der Waals surface area contributed by atoms with E-state index in [1.807, 2.05) is 38.3 Å². The van der Waals surface area contributed by atoms with Gasteiger partial charge in [-0.1, -0.05) is 6.07 Å². The molecule has 1 unspecified atom stereocenters. The zero-order chi connectivity index (χ0) is 14.6. The molecule has 0 aliphatic heterocycles. The van der Waals surface area contributed by atoms with Gasteiger partial charge in [0, 0.05) is 17.0 Å². The van der Waals surface area contributed by atoms with Gasteiger partial charge in [0.2, 0.25) is 5.91 Å². The van der Waals surface area contributed by atoms with Gasteiger partial charge >= 0.3 is 5.97 Å². The molecular formula is C13H20N2O3S. The molecule has 1 atom stereocenters. The highest BCUT2D eigenvalue weighted by Gasteiger charge is 2.31. The smallest absolute Gasteiger partial charge is 0.305 e. The number of amides is 1. The van der Waals surface area contributed by atoms with E-state index >= 15 is 0 Å². The van der Waals surface area contributed by atoms with Crippen LogP contribution in [0.5, 0.6) is 0 Å². The lowest BCUT2D eigenvalue weighted by Crippen LogP contribution is -2.50. The lowest BCUT2D eigenvalue weighted by atomic mass is 10.0. The zero-order valence-electron chi connectivity index (χ0n) is 11.4. The molecule has 0 aromatic carbocycles. The zero-order valence-corrected chi connectivity index (χ0v) is 12.2. The predicted octanol–water partition coefficient (Wildman–Crippen LogP) is 1.85. The number of thiophene rings is 1. The normalized spacial score (nSPS) is 13.1. The maximum atomic E-state index is 12.4. The highest BCUT2D eigenvalue weighted by atomic mass is 32.1. The number of nitrogens with zero attached hydrogens (tertiary/aromatic N) is 1. The quantitative estimate of drug-likeness (QED) is 0.864.